The molecule has 1 aromatic heterocycles. The minimum absolute atomic E-state index is 0.148. The number of hydrogen-bond donors (Lipinski definition) is 1. The van der Waals surface area contributed by atoms with Crippen molar-refractivity contribution in [3.63, 3.8) is 0 Å². The highest BCUT2D eigenvalue weighted by Crippen LogP contribution is 2.33. The fraction of sp³-hybridized carbons (Fsp3) is 0.348. The first-order valence-electron chi connectivity index (χ1n) is 10.3. The van der Waals surface area contributed by atoms with Crippen LogP contribution in [-0.4, -0.2) is 38.7 Å². The van der Waals surface area contributed by atoms with Crippen molar-refractivity contribution in [2.75, 3.05) is 13.1 Å². The number of carbonyl (C=O) groups is 1. The van der Waals surface area contributed by atoms with E-state index in [4.69, 9.17) is 0 Å². The molecule has 6 nitrogen and oxygen atoms in total. The molecule has 0 unspecified atom stereocenters. The highest BCUT2D eigenvalue weighted by Gasteiger charge is 2.38. The molecule has 1 fully saturated rings. The van der Waals surface area contributed by atoms with Gasteiger partial charge in [0.15, 0.2) is 0 Å². The zero-order valence-electron chi connectivity index (χ0n) is 16.4. The molecule has 1 saturated heterocycles. The van der Waals surface area contributed by atoms with Gasteiger partial charge in [0.05, 0.1) is 0 Å². The predicted octanol–water partition coefficient (Wildman–Crippen LogP) is 2.51. The molecule has 6 heteroatoms. The Balaban J connectivity index is 1.24. The summed E-state index contributed by atoms with van der Waals surface area (Å²) in [4.78, 5) is 15.2. The second kappa shape index (κ2) is 7.79. The van der Waals surface area contributed by atoms with Gasteiger partial charge in [-0.15, -0.1) is 10.2 Å². The monoisotopic (exact) mass is 387 g/mol. The molecule has 0 aliphatic carbocycles. The number of fused-ring (bicyclic) bond motifs is 2. The largest absolute Gasteiger partial charge is 0.345 e. The lowest BCUT2D eigenvalue weighted by Gasteiger charge is -2.25. The lowest BCUT2D eigenvalue weighted by Crippen LogP contribution is -2.32. The Morgan fingerprint density at radius 3 is 2.34 bits per heavy atom. The topological polar surface area (TPSA) is 63.1 Å². The van der Waals surface area contributed by atoms with Crippen molar-refractivity contribution >= 4 is 5.91 Å². The predicted molar refractivity (Wildman–Crippen MR) is 110 cm³/mol. The molecular weight excluding hydrogens is 362 g/mol. The average Bonchev–Trinajstić information content (AvgIpc) is 3.34. The Hall–Kier alpha value is -2.99. The Morgan fingerprint density at radius 1 is 0.897 bits per heavy atom. The van der Waals surface area contributed by atoms with Crippen LogP contribution in [0.4, 0.5) is 0 Å². The zero-order valence-corrected chi connectivity index (χ0v) is 16.4. The average molecular weight is 387 g/mol. The number of benzene rings is 2. The van der Waals surface area contributed by atoms with Gasteiger partial charge in [0.25, 0.3) is 5.91 Å². The van der Waals surface area contributed by atoms with E-state index in [1.54, 1.807) is 0 Å². The molecular formula is C23H25N5O. The van der Waals surface area contributed by atoms with E-state index in [1.165, 1.54) is 5.56 Å². The van der Waals surface area contributed by atoms with Crippen LogP contribution in [0.25, 0.3) is 0 Å². The first-order chi connectivity index (χ1) is 14.3. The molecule has 1 amide bonds. The highest BCUT2D eigenvalue weighted by atomic mass is 16.2. The van der Waals surface area contributed by atoms with Gasteiger partial charge >= 0.3 is 0 Å². The number of nitrogens with one attached hydrogen (secondary N) is 1. The van der Waals surface area contributed by atoms with Gasteiger partial charge in [-0.3, -0.25) is 9.69 Å². The smallest absolute Gasteiger partial charge is 0.289 e. The summed E-state index contributed by atoms with van der Waals surface area (Å²) < 4.78 is 2.04. The van der Waals surface area contributed by atoms with E-state index >= 15 is 0 Å². The molecule has 3 aromatic rings. The summed E-state index contributed by atoms with van der Waals surface area (Å²) in [6, 6.07) is 20.6. The molecule has 0 saturated carbocycles. The van der Waals surface area contributed by atoms with E-state index in [1.807, 2.05) is 34.9 Å². The van der Waals surface area contributed by atoms with Gasteiger partial charge in [-0.05, 0) is 23.0 Å². The normalized spacial score (nSPS) is 20.8. The number of aromatic nitrogens is 3. The van der Waals surface area contributed by atoms with E-state index in [2.05, 4.69) is 50.7 Å². The maximum Gasteiger partial charge on any atom is 0.289 e. The first kappa shape index (κ1) is 18.1. The molecule has 5 rings (SSSR count). The molecule has 0 spiro atoms. The molecule has 2 atom stereocenters. The fourth-order valence-corrected chi connectivity index (χ4v) is 4.62. The van der Waals surface area contributed by atoms with Crippen molar-refractivity contribution in [2.24, 2.45) is 11.8 Å². The number of nitrogens with zero attached hydrogens (tertiary/aromatic N) is 4. The Morgan fingerprint density at radius 2 is 1.59 bits per heavy atom. The quantitative estimate of drug-likeness (QED) is 0.731. The molecule has 3 heterocycles. The first-order valence-corrected chi connectivity index (χ1v) is 10.3. The van der Waals surface area contributed by atoms with Gasteiger partial charge in [0.1, 0.15) is 5.82 Å². The van der Waals surface area contributed by atoms with Crippen LogP contribution >= 0.6 is 0 Å². The van der Waals surface area contributed by atoms with E-state index in [0.717, 1.165) is 44.0 Å². The number of carbonyl (C=O) groups excluding carboxylic acids is 1. The Kier molecular flexibility index (Phi) is 4.86. The Labute approximate surface area is 170 Å². The summed E-state index contributed by atoms with van der Waals surface area (Å²) in [5.74, 6) is 2.37. The third kappa shape index (κ3) is 3.80. The molecule has 2 aromatic carbocycles. The standard InChI is InChI=1S/C23H25N5O/c29-23(24-12-17-7-3-1-4-8-17)22-26-25-21-11-19-14-27(15-20(19)16-28(21)22)13-18-9-5-2-6-10-18/h1-10,19-20H,11-16H2,(H,24,29)/t19-,20+/m0/s1. The van der Waals surface area contributed by atoms with Crippen molar-refractivity contribution in [2.45, 2.75) is 26.1 Å². The highest BCUT2D eigenvalue weighted by molar-refractivity contribution is 5.90. The van der Waals surface area contributed by atoms with Crippen molar-refractivity contribution in [3.05, 3.63) is 83.4 Å². The number of likely N-dealkylation sites (tertiary alicyclic amines) is 1. The van der Waals surface area contributed by atoms with Gasteiger partial charge in [-0.2, -0.15) is 0 Å². The Bertz CT molecular complexity index is 985. The van der Waals surface area contributed by atoms with Crippen LogP contribution in [0, 0.1) is 11.8 Å². The summed E-state index contributed by atoms with van der Waals surface area (Å²) in [5, 5.41) is 11.5. The van der Waals surface area contributed by atoms with Crippen LogP contribution < -0.4 is 5.32 Å². The van der Waals surface area contributed by atoms with Crippen LogP contribution in [0.2, 0.25) is 0 Å². The summed E-state index contributed by atoms with van der Waals surface area (Å²) in [6.45, 7) is 4.45. The molecule has 148 valence electrons. The van der Waals surface area contributed by atoms with Crippen LogP contribution in [0.15, 0.2) is 60.7 Å². The van der Waals surface area contributed by atoms with E-state index < -0.39 is 0 Å². The molecule has 0 radical (unpaired) electrons. The van der Waals surface area contributed by atoms with Crippen molar-refractivity contribution in [1.29, 1.82) is 0 Å². The maximum absolute atomic E-state index is 12.7. The van der Waals surface area contributed by atoms with Gasteiger partial charge < -0.3 is 9.88 Å². The minimum atomic E-state index is -0.148. The molecule has 1 N–H and O–H groups in total. The summed E-state index contributed by atoms with van der Waals surface area (Å²) >= 11 is 0. The lowest BCUT2D eigenvalue weighted by atomic mass is 9.89. The van der Waals surface area contributed by atoms with E-state index in [0.29, 0.717) is 24.2 Å². The lowest BCUT2D eigenvalue weighted by molar-refractivity contribution is 0.0932. The van der Waals surface area contributed by atoms with Crippen LogP contribution in [0.3, 0.4) is 0 Å². The third-order valence-corrected chi connectivity index (χ3v) is 6.09. The van der Waals surface area contributed by atoms with Crippen LogP contribution in [0.5, 0.6) is 0 Å². The zero-order chi connectivity index (χ0) is 19.6. The summed E-state index contributed by atoms with van der Waals surface area (Å²) in [7, 11) is 0. The molecule has 0 bridgehead atoms. The second-order valence-electron chi connectivity index (χ2n) is 8.12. The van der Waals surface area contributed by atoms with Crippen molar-refractivity contribution < 1.29 is 4.79 Å². The van der Waals surface area contributed by atoms with Crippen LogP contribution in [0.1, 0.15) is 27.6 Å². The summed E-state index contributed by atoms with van der Waals surface area (Å²) in [5.41, 5.74) is 2.43. The van der Waals surface area contributed by atoms with Crippen molar-refractivity contribution in [1.82, 2.24) is 25.0 Å². The van der Waals surface area contributed by atoms with E-state index in [9.17, 15) is 4.79 Å². The van der Waals surface area contributed by atoms with Crippen LogP contribution in [-0.2, 0) is 26.1 Å². The summed E-state index contributed by atoms with van der Waals surface area (Å²) in [6.07, 6.45) is 0.898. The van der Waals surface area contributed by atoms with Gasteiger partial charge in [0.2, 0.25) is 5.82 Å². The number of rotatable bonds is 5. The van der Waals surface area contributed by atoms with Gasteiger partial charge in [-0.25, -0.2) is 0 Å². The molecule has 2 aliphatic heterocycles. The third-order valence-electron chi connectivity index (χ3n) is 6.09. The van der Waals surface area contributed by atoms with Gasteiger partial charge in [-0.1, -0.05) is 60.7 Å². The number of amides is 1. The minimum Gasteiger partial charge on any atom is -0.345 e. The number of hydrogen-bond acceptors (Lipinski definition) is 4. The van der Waals surface area contributed by atoms with E-state index in [-0.39, 0.29) is 5.91 Å². The maximum atomic E-state index is 12.7. The van der Waals surface area contributed by atoms with Crippen molar-refractivity contribution in [3.8, 4) is 0 Å². The molecule has 29 heavy (non-hydrogen) atoms. The van der Waals surface area contributed by atoms with Gasteiger partial charge in [0, 0.05) is 39.1 Å². The SMILES string of the molecule is O=C(NCc1ccccc1)c1nnc2n1C[C@H]1CN(Cc3ccccc3)C[C@@H]1C2. The second-order valence-corrected chi connectivity index (χ2v) is 8.12. The fourth-order valence-electron chi connectivity index (χ4n) is 4.62. The molecule has 2 aliphatic rings.